The molecule has 1 aromatic rings. The lowest BCUT2D eigenvalue weighted by Crippen LogP contribution is -2.69. The van der Waals surface area contributed by atoms with Crippen molar-refractivity contribution in [2.45, 2.75) is 44.9 Å². The maximum Gasteiger partial charge on any atom is 0.234 e. The second-order valence-corrected chi connectivity index (χ2v) is 8.63. The fraction of sp³-hybridized carbons (Fsp3) is 0.611. The van der Waals surface area contributed by atoms with Crippen molar-refractivity contribution in [3.63, 3.8) is 0 Å². The summed E-state index contributed by atoms with van der Waals surface area (Å²) >= 11 is 3.88. The summed E-state index contributed by atoms with van der Waals surface area (Å²) in [7, 11) is 0. The Bertz CT molecular complexity index is 640. The van der Waals surface area contributed by atoms with E-state index in [1.54, 1.807) is 0 Å². The smallest absolute Gasteiger partial charge is 0.234 e. The van der Waals surface area contributed by atoms with Crippen LogP contribution in [0.3, 0.4) is 0 Å². The number of alkyl halides is 1. The Balaban J connectivity index is 1.75. The van der Waals surface area contributed by atoms with E-state index in [1.807, 2.05) is 6.07 Å². The predicted molar refractivity (Wildman–Crippen MR) is 88.8 cm³/mol. The van der Waals surface area contributed by atoms with Crippen LogP contribution in [-0.2, 0) is 11.2 Å². The second-order valence-electron chi connectivity index (χ2n) is 7.71. The van der Waals surface area contributed by atoms with Crippen LogP contribution in [0, 0.1) is 16.2 Å². The largest absolute Gasteiger partial charge is 0.311 e. The van der Waals surface area contributed by atoms with Gasteiger partial charge in [0, 0.05) is 17.1 Å². The molecule has 1 aromatic carbocycles. The maximum absolute atomic E-state index is 13.4. The van der Waals surface area contributed by atoms with Crippen molar-refractivity contribution in [3.8, 4) is 0 Å². The Morgan fingerprint density at radius 2 is 1.95 bits per heavy atom. The minimum absolute atomic E-state index is 0.0722. The summed E-state index contributed by atoms with van der Waals surface area (Å²) in [5.74, 6) is 0.342. The number of benzene rings is 1. The van der Waals surface area contributed by atoms with Gasteiger partial charge in [-0.15, -0.1) is 0 Å². The molecule has 3 aliphatic carbocycles. The van der Waals surface area contributed by atoms with Gasteiger partial charge >= 0.3 is 0 Å². The Morgan fingerprint density at radius 1 is 1.24 bits per heavy atom. The molecule has 3 saturated carbocycles. The summed E-state index contributed by atoms with van der Waals surface area (Å²) in [5, 5.41) is 0. The van der Waals surface area contributed by atoms with Crippen LogP contribution in [0.25, 0.3) is 0 Å². The van der Waals surface area contributed by atoms with Crippen molar-refractivity contribution >= 4 is 27.5 Å². The van der Waals surface area contributed by atoms with Crippen molar-refractivity contribution in [2.75, 3.05) is 11.4 Å². The van der Waals surface area contributed by atoms with Crippen LogP contribution < -0.4 is 4.90 Å². The Kier molecular flexibility index (Phi) is 2.58. The molecule has 0 spiro atoms. The Hall–Kier alpha value is -0.830. The number of carbonyl (C=O) groups is 1. The summed E-state index contributed by atoms with van der Waals surface area (Å²) in [4.78, 5) is 15.8. The molecule has 2 bridgehead atoms. The molecular formula is C18H22BrNO. The van der Waals surface area contributed by atoms with Crippen molar-refractivity contribution in [2.24, 2.45) is 16.2 Å². The Morgan fingerprint density at radius 3 is 2.57 bits per heavy atom. The van der Waals surface area contributed by atoms with Crippen molar-refractivity contribution in [3.05, 3.63) is 29.8 Å². The summed E-state index contributed by atoms with van der Waals surface area (Å²) in [6.45, 7) is 7.75. The third kappa shape index (κ3) is 1.29. The van der Waals surface area contributed by atoms with E-state index in [0.717, 1.165) is 31.5 Å². The fourth-order valence-corrected chi connectivity index (χ4v) is 7.02. The van der Waals surface area contributed by atoms with Crippen LogP contribution in [0.15, 0.2) is 24.3 Å². The van der Waals surface area contributed by atoms with Crippen molar-refractivity contribution < 1.29 is 4.79 Å². The van der Waals surface area contributed by atoms with Gasteiger partial charge in [0.1, 0.15) is 0 Å². The van der Waals surface area contributed by atoms with Gasteiger partial charge in [0.05, 0.1) is 5.41 Å². The van der Waals surface area contributed by atoms with E-state index in [1.165, 1.54) is 5.56 Å². The Labute approximate surface area is 135 Å². The first-order valence-electron chi connectivity index (χ1n) is 7.90. The molecule has 2 nitrogen and oxygen atoms in total. The zero-order chi connectivity index (χ0) is 15.0. The first kappa shape index (κ1) is 13.8. The van der Waals surface area contributed by atoms with E-state index in [4.69, 9.17) is 0 Å². The number of fused-ring (bicyclic) bond motifs is 2. The quantitative estimate of drug-likeness (QED) is 0.698. The number of carbonyl (C=O) groups excluding carboxylic acids is 1. The molecule has 0 saturated heterocycles. The molecule has 21 heavy (non-hydrogen) atoms. The number of anilines is 1. The van der Waals surface area contributed by atoms with Gasteiger partial charge in [0.15, 0.2) is 0 Å². The molecular weight excluding hydrogens is 326 g/mol. The standard InChI is InChI=1S/C18H22BrNO/c1-16(2)17(3)9-10-18(16,14(17)19)15(21)20-11-8-12-6-4-5-7-13(12)20/h4-7,14H,8-11H2,1-3H3. The van der Waals surface area contributed by atoms with E-state index in [9.17, 15) is 4.79 Å². The molecule has 3 unspecified atom stereocenters. The van der Waals surface area contributed by atoms with Crippen LogP contribution in [0.1, 0.15) is 39.2 Å². The SMILES string of the molecule is CC12CCC(C(=O)N3CCc4ccccc43)(C1Br)C2(C)C. The number of rotatable bonds is 1. The monoisotopic (exact) mass is 347 g/mol. The first-order chi connectivity index (χ1) is 9.86. The molecule has 1 aliphatic heterocycles. The van der Waals surface area contributed by atoms with Gasteiger partial charge in [-0.3, -0.25) is 4.79 Å². The summed E-state index contributed by atoms with van der Waals surface area (Å²) in [5.41, 5.74) is 2.54. The number of hydrogen-bond donors (Lipinski definition) is 0. The lowest BCUT2D eigenvalue weighted by Gasteiger charge is -2.64. The van der Waals surface area contributed by atoms with Crippen molar-refractivity contribution in [1.29, 1.82) is 0 Å². The average molecular weight is 348 g/mol. The van der Waals surface area contributed by atoms with Crippen molar-refractivity contribution in [1.82, 2.24) is 0 Å². The lowest BCUT2D eigenvalue weighted by atomic mass is 9.43. The maximum atomic E-state index is 13.4. The lowest BCUT2D eigenvalue weighted by molar-refractivity contribution is -0.158. The topological polar surface area (TPSA) is 20.3 Å². The fourth-order valence-electron chi connectivity index (χ4n) is 5.22. The zero-order valence-electron chi connectivity index (χ0n) is 12.9. The van der Waals surface area contributed by atoms with E-state index >= 15 is 0 Å². The van der Waals surface area contributed by atoms with Gasteiger partial charge in [0.25, 0.3) is 0 Å². The van der Waals surface area contributed by atoms with E-state index < -0.39 is 0 Å². The van der Waals surface area contributed by atoms with Gasteiger partial charge in [-0.1, -0.05) is 54.9 Å². The molecule has 3 heteroatoms. The van der Waals surface area contributed by atoms with Gasteiger partial charge < -0.3 is 4.90 Å². The van der Waals surface area contributed by atoms with Crippen LogP contribution in [-0.4, -0.2) is 17.3 Å². The minimum Gasteiger partial charge on any atom is -0.311 e. The number of halogens is 1. The van der Waals surface area contributed by atoms with Crippen LogP contribution in [0.4, 0.5) is 5.69 Å². The third-order valence-electron chi connectivity index (χ3n) is 7.09. The number of amides is 1. The molecule has 1 amide bonds. The van der Waals surface area contributed by atoms with Gasteiger partial charge in [0.2, 0.25) is 5.91 Å². The van der Waals surface area contributed by atoms with E-state index in [2.05, 4.69) is 59.8 Å². The van der Waals surface area contributed by atoms with Crippen LogP contribution >= 0.6 is 15.9 Å². The number of para-hydroxylation sites is 1. The van der Waals surface area contributed by atoms with E-state index in [0.29, 0.717) is 10.7 Å². The highest BCUT2D eigenvalue weighted by Crippen LogP contribution is 2.80. The highest BCUT2D eigenvalue weighted by molar-refractivity contribution is 9.09. The molecule has 1 heterocycles. The van der Waals surface area contributed by atoms with Gasteiger partial charge in [-0.05, 0) is 41.7 Å². The van der Waals surface area contributed by atoms with Crippen LogP contribution in [0.2, 0.25) is 0 Å². The normalized spacial score (nSPS) is 39.0. The van der Waals surface area contributed by atoms with Crippen LogP contribution in [0.5, 0.6) is 0 Å². The highest BCUT2D eigenvalue weighted by Gasteiger charge is 2.80. The number of nitrogens with zero attached hydrogens (tertiary/aromatic N) is 1. The molecule has 0 aromatic heterocycles. The van der Waals surface area contributed by atoms with Gasteiger partial charge in [-0.25, -0.2) is 0 Å². The molecule has 0 radical (unpaired) electrons. The third-order valence-corrected chi connectivity index (χ3v) is 8.88. The summed E-state index contributed by atoms with van der Waals surface area (Å²) in [6, 6.07) is 8.35. The predicted octanol–water partition coefficient (Wildman–Crippen LogP) is 4.17. The second kappa shape index (κ2) is 3.92. The molecule has 4 aliphatic rings. The molecule has 5 rings (SSSR count). The minimum atomic E-state index is -0.223. The van der Waals surface area contributed by atoms with E-state index in [-0.39, 0.29) is 16.2 Å². The molecule has 3 atom stereocenters. The summed E-state index contributed by atoms with van der Waals surface area (Å²) in [6.07, 6.45) is 3.16. The highest BCUT2D eigenvalue weighted by atomic mass is 79.9. The average Bonchev–Trinajstić information content (AvgIpc) is 3.07. The first-order valence-corrected chi connectivity index (χ1v) is 8.82. The molecule has 0 N–H and O–H groups in total. The molecule has 3 fully saturated rings. The molecule has 112 valence electrons. The zero-order valence-corrected chi connectivity index (χ0v) is 14.5. The van der Waals surface area contributed by atoms with Gasteiger partial charge in [-0.2, -0.15) is 0 Å². The summed E-state index contributed by atoms with van der Waals surface area (Å²) < 4.78 is 0. The number of hydrogen-bond acceptors (Lipinski definition) is 1.